The standard InChI is InChI=1S/C13H19NO3/c1-7(2)9-5-10(8(3)4-12(9)15)11(6-14)13(16)17/h4-5,7,11,15H,6,14H2,1-3H3,(H,16,17). The third kappa shape index (κ3) is 2.77. The van der Waals surface area contributed by atoms with E-state index in [1.165, 1.54) is 0 Å². The van der Waals surface area contributed by atoms with E-state index in [1.807, 2.05) is 13.8 Å². The molecule has 1 atom stereocenters. The van der Waals surface area contributed by atoms with Gasteiger partial charge in [0.05, 0.1) is 5.92 Å². The molecule has 17 heavy (non-hydrogen) atoms. The third-order valence-electron chi connectivity index (χ3n) is 2.95. The number of phenols is 1. The lowest BCUT2D eigenvalue weighted by Crippen LogP contribution is -2.22. The molecule has 0 heterocycles. The van der Waals surface area contributed by atoms with Crippen LogP contribution in [0.5, 0.6) is 5.75 Å². The highest BCUT2D eigenvalue weighted by Gasteiger charge is 2.22. The largest absolute Gasteiger partial charge is 0.508 e. The quantitative estimate of drug-likeness (QED) is 0.747. The van der Waals surface area contributed by atoms with Crippen molar-refractivity contribution in [3.05, 3.63) is 28.8 Å². The molecule has 0 amide bonds. The van der Waals surface area contributed by atoms with Gasteiger partial charge in [-0.05, 0) is 35.6 Å². The number of hydrogen-bond acceptors (Lipinski definition) is 3. The number of nitrogens with two attached hydrogens (primary N) is 1. The minimum atomic E-state index is -0.934. The summed E-state index contributed by atoms with van der Waals surface area (Å²) < 4.78 is 0. The molecule has 0 radical (unpaired) electrons. The first-order chi connectivity index (χ1) is 7.88. The number of phenolic OH excluding ortho intramolecular Hbond substituents is 1. The maximum absolute atomic E-state index is 11.1. The molecule has 0 aliphatic heterocycles. The Hall–Kier alpha value is -1.55. The second-order valence-electron chi connectivity index (χ2n) is 4.55. The summed E-state index contributed by atoms with van der Waals surface area (Å²) in [4.78, 5) is 11.1. The van der Waals surface area contributed by atoms with Gasteiger partial charge in [-0.3, -0.25) is 4.79 Å². The first kappa shape index (κ1) is 13.5. The summed E-state index contributed by atoms with van der Waals surface area (Å²) in [5.74, 6) is -1.30. The molecule has 94 valence electrons. The zero-order valence-corrected chi connectivity index (χ0v) is 10.4. The number of rotatable bonds is 4. The Morgan fingerprint density at radius 1 is 1.35 bits per heavy atom. The first-order valence-electron chi connectivity index (χ1n) is 5.64. The van der Waals surface area contributed by atoms with Crippen LogP contribution >= 0.6 is 0 Å². The molecule has 4 heteroatoms. The Kier molecular flexibility index (Phi) is 4.12. The van der Waals surface area contributed by atoms with Gasteiger partial charge in [-0.15, -0.1) is 0 Å². The second kappa shape index (κ2) is 5.19. The lowest BCUT2D eigenvalue weighted by atomic mass is 9.89. The highest BCUT2D eigenvalue weighted by molar-refractivity contribution is 5.77. The summed E-state index contributed by atoms with van der Waals surface area (Å²) in [6, 6.07) is 3.36. The van der Waals surface area contributed by atoms with Gasteiger partial charge in [0.2, 0.25) is 0 Å². The van der Waals surface area contributed by atoms with Crippen LogP contribution in [0.4, 0.5) is 0 Å². The van der Waals surface area contributed by atoms with Crippen LogP contribution in [0, 0.1) is 6.92 Å². The molecule has 0 bridgehead atoms. The number of carboxylic acids is 1. The van der Waals surface area contributed by atoms with Crippen molar-refractivity contribution in [2.75, 3.05) is 6.54 Å². The van der Waals surface area contributed by atoms with Crippen LogP contribution < -0.4 is 5.73 Å². The first-order valence-corrected chi connectivity index (χ1v) is 5.64. The van der Waals surface area contributed by atoms with Gasteiger partial charge in [-0.1, -0.05) is 19.9 Å². The summed E-state index contributed by atoms with van der Waals surface area (Å²) >= 11 is 0. The Bertz CT molecular complexity index is 427. The lowest BCUT2D eigenvalue weighted by molar-refractivity contribution is -0.138. The molecule has 0 saturated carbocycles. The molecule has 4 N–H and O–H groups in total. The summed E-state index contributed by atoms with van der Waals surface area (Å²) in [5.41, 5.74) is 7.69. The molecule has 1 rings (SSSR count). The van der Waals surface area contributed by atoms with Crippen LogP contribution in [0.3, 0.4) is 0 Å². The predicted octanol–water partition coefficient (Wildman–Crippen LogP) is 1.95. The maximum atomic E-state index is 11.1. The number of aromatic hydroxyl groups is 1. The summed E-state index contributed by atoms with van der Waals surface area (Å²) in [6.45, 7) is 5.74. The molecular weight excluding hydrogens is 218 g/mol. The number of aryl methyl sites for hydroxylation is 1. The number of carbonyl (C=O) groups is 1. The van der Waals surface area contributed by atoms with Gasteiger partial charge in [0, 0.05) is 6.54 Å². The minimum absolute atomic E-state index is 0.0541. The van der Waals surface area contributed by atoms with Crippen molar-refractivity contribution in [2.45, 2.75) is 32.6 Å². The minimum Gasteiger partial charge on any atom is -0.508 e. The molecule has 0 spiro atoms. The van der Waals surface area contributed by atoms with E-state index in [4.69, 9.17) is 10.8 Å². The van der Waals surface area contributed by atoms with Gasteiger partial charge in [-0.25, -0.2) is 0 Å². The van der Waals surface area contributed by atoms with Crippen molar-refractivity contribution in [2.24, 2.45) is 5.73 Å². The SMILES string of the molecule is Cc1cc(O)c(C(C)C)cc1C(CN)C(=O)O. The molecule has 1 aromatic rings. The van der Waals surface area contributed by atoms with E-state index < -0.39 is 11.9 Å². The van der Waals surface area contributed by atoms with Crippen molar-refractivity contribution < 1.29 is 15.0 Å². The average molecular weight is 237 g/mol. The van der Waals surface area contributed by atoms with Gasteiger partial charge in [0.25, 0.3) is 0 Å². The number of aliphatic carboxylic acids is 1. The molecule has 1 aromatic carbocycles. The molecule has 0 fully saturated rings. The molecule has 4 nitrogen and oxygen atoms in total. The molecule has 0 aromatic heterocycles. The summed E-state index contributed by atoms with van der Waals surface area (Å²) in [5, 5.41) is 18.9. The Labute approximate surface area is 101 Å². The van der Waals surface area contributed by atoms with Crippen LogP contribution in [0.25, 0.3) is 0 Å². The zero-order chi connectivity index (χ0) is 13.2. The maximum Gasteiger partial charge on any atom is 0.312 e. The van der Waals surface area contributed by atoms with E-state index >= 15 is 0 Å². The van der Waals surface area contributed by atoms with Crippen molar-refractivity contribution in [3.63, 3.8) is 0 Å². The highest BCUT2D eigenvalue weighted by atomic mass is 16.4. The van der Waals surface area contributed by atoms with Crippen molar-refractivity contribution in [3.8, 4) is 5.75 Å². The molecule has 0 aliphatic rings. The molecule has 1 unspecified atom stereocenters. The van der Waals surface area contributed by atoms with E-state index in [2.05, 4.69) is 0 Å². The van der Waals surface area contributed by atoms with Gasteiger partial charge >= 0.3 is 5.97 Å². The van der Waals surface area contributed by atoms with Gasteiger partial charge in [0.15, 0.2) is 0 Å². The molecule has 0 saturated heterocycles. The Morgan fingerprint density at radius 2 is 1.94 bits per heavy atom. The number of benzene rings is 1. The predicted molar refractivity (Wildman–Crippen MR) is 66.4 cm³/mol. The smallest absolute Gasteiger partial charge is 0.312 e. The van der Waals surface area contributed by atoms with Crippen molar-refractivity contribution >= 4 is 5.97 Å². The Morgan fingerprint density at radius 3 is 2.35 bits per heavy atom. The molecule has 0 aliphatic carbocycles. The van der Waals surface area contributed by atoms with Crippen molar-refractivity contribution in [1.82, 2.24) is 0 Å². The van der Waals surface area contributed by atoms with Crippen LogP contribution in [-0.4, -0.2) is 22.7 Å². The average Bonchev–Trinajstić information content (AvgIpc) is 2.21. The lowest BCUT2D eigenvalue weighted by Gasteiger charge is -2.17. The summed E-state index contributed by atoms with van der Waals surface area (Å²) in [7, 11) is 0. The summed E-state index contributed by atoms with van der Waals surface area (Å²) in [6.07, 6.45) is 0. The zero-order valence-electron chi connectivity index (χ0n) is 10.4. The fourth-order valence-electron chi connectivity index (χ4n) is 1.93. The van der Waals surface area contributed by atoms with Gasteiger partial charge in [-0.2, -0.15) is 0 Å². The van der Waals surface area contributed by atoms with Gasteiger partial charge < -0.3 is 15.9 Å². The van der Waals surface area contributed by atoms with E-state index in [9.17, 15) is 9.90 Å². The topological polar surface area (TPSA) is 83.5 Å². The normalized spacial score (nSPS) is 12.8. The van der Waals surface area contributed by atoms with Crippen molar-refractivity contribution in [1.29, 1.82) is 0 Å². The Balaban J connectivity index is 3.33. The van der Waals surface area contributed by atoms with Crippen LogP contribution in [0.2, 0.25) is 0 Å². The fraction of sp³-hybridized carbons (Fsp3) is 0.462. The van der Waals surface area contributed by atoms with E-state index in [-0.39, 0.29) is 18.2 Å². The van der Waals surface area contributed by atoms with E-state index in [0.717, 1.165) is 11.1 Å². The van der Waals surface area contributed by atoms with E-state index in [1.54, 1.807) is 19.1 Å². The second-order valence-corrected chi connectivity index (χ2v) is 4.55. The van der Waals surface area contributed by atoms with Crippen LogP contribution in [0.15, 0.2) is 12.1 Å². The highest BCUT2D eigenvalue weighted by Crippen LogP contribution is 2.31. The monoisotopic (exact) mass is 237 g/mol. The van der Waals surface area contributed by atoms with Crippen LogP contribution in [-0.2, 0) is 4.79 Å². The number of hydrogen-bond donors (Lipinski definition) is 3. The van der Waals surface area contributed by atoms with Gasteiger partial charge in [0.1, 0.15) is 5.75 Å². The third-order valence-corrected chi connectivity index (χ3v) is 2.95. The van der Waals surface area contributed by atoms with Crippen LogP contribution in [0.1, 0.15) is 42.4 Å². The van der Waals surface area contributed by atoms with E-state index in [0.29, 0.717) is 5.56 Å². The fourth-order valence-corrected chi connectivity index (χ4v) is 1.93. The molecular formula is C13H19NO3. The number of carboxylic acid groups (broad SMARTS) is 1.